The van der Waals surface area contributed by atoms with Crippen LogP contribution in [0.3, 0.4) is 0 Å². The first-order valence-electron chi connectivity index (χ1n) is 2.67. The maximum Gasteiger partial charge on any atom is 0 e. The molecule has 0 aromatic heterocycles. The first-order valence-corrected chi connectivity index (χ1v) is 2.67. The second-order valence-electron chi connectivity index (χ2n) is 1.54. The van der Waals surface area contributed by atoms with Crippen LogP contribution >= 0.6 is 0 Å². The summed E-state index contributed by atoms with van der Waals surface area (Å²) in [5, 5.41) is 0. The van der Waals surface area contributed by atoms with E-state index in [1.807, 2.05) is 48.6 Å². The van der Waals surface area contributed by atoms with E-state index in [2.05, 4.69) is 0 Å². The summed E-state index contributed by atoms with van der Waals surface area (Å²) in [5.41, 5.74) is 0. The van der Waals surface area contributed by atoms with Crippen molar-refractivity contribution in [3.8, 4) is 0 Å². The summed E-state index contributed by atoms with van der Waals surface area (Å²) < 4.78 is 0. The third-order valence-corrected chi connectivity index (χ3v) is 0.889. The Labute approximate surface area is 65.8 Å². The Bertz CT molecular complexity index is 105. The zero-order chi connectivity index (χ0) is 5.66. The molecule has 0 bridgehead atoms. The first-order chi connectivity index (χ1) is 4.00. The van der Waals surface area contributed by atoms with Crippen LogP contribution in [-0.4, -0.2) is 0 Å². The van der Waals surface area contributed by atoms with Crippen molar-refractivity contribution in [2.75, 3.05) is 0 Å². The topological polar surface area (TPSA) is 0 Å². The van der Waals surface area contributed by atoms with Crippen LogP contribution in [0.5, 0.6) is 0 Å². The smallest absolute Gasteiger partial charge is 0 e. The molecule has 1 heteroatoms. The average Bonchev–Trinajstić information content (AvgIpc) is 1.62. The third kappa shape index (κ3) is 4.00. The summed E-state index contributed by atoms with van der Waals surface area (Å²) in [6.07, 6.45) is 16.0. The fourth-order valence-electron chi connectivity index (χ4n) is 0.513. The Morgan fingerprint density at radius 1 is 0.333 bits per heavy atom. The van der Waals surface area contributed by atoms with Gasteiger partial charge in [0, 0.05) is 16.8 Å². The van der Waals surface area contributed by atoms with Crippen LogP contribution < -0.4 is 0 Å². The molecule has 9 heavy (non-hydrogen) atoms. The molecule has 1 aliphatic carbocycles. The molecule has 0 heterocycles. The van der Waals surface area contributed by atoms with Crippen LogP contribution in [0.1, 0.15) is 0 Å². The normalized spacial score (nSPS) is 28.4. The second kappa shape index (κ2) is 5.60. The van der Waals surface area contributed by atoms with Gasteiger partial charge in [-0.2, -0.15) is 0 Å². The SMILES string of the molecule is C1=C\C=C/C=C\C=C/1.[Co]. The second-order valence-corrected chi connectivity index (χ2v) is 1.54. The van der Waals surface area contributed by atoms with E-state index in [9.17, 15) is 0 Å². The molecular weight excluding hydrogens is 155 g/mol. The molecule has 0 saturated heterocycles. The van der Waals surface area contributed by atoms with E-state index < -0.39 is 0 Å². The van der Waals surface area contributed by atoms with Gasteiger partial charge in [-0.1, -0.05) is 48.6 Å². The zero-order valence-electron chi connectivity index (χ0n) is 4.95. The van der Waals surface area contributed by atoms with Gasteiger partial charge in [0.2, 0.25) is 0 Å². The molecule has 0 saturated carbocycles. The van der Waals surface area contributed by atoms with Crippen LogP contribution in [0.4, 0.5) is 0 Å². The van der Waals surface area contributed by atoms with Crippen LogP contribution in [-0.2, 0) is 16.8 Å². The van der Waals surface area contributed by atoms with Crippen molar-refractivity contribution >= 4 is 0 Å². The Morgan fingerprint density at radius 2 is 0.444 bits per heavy atom. The first kappa shape index (κ1) is 8.47. The summed E-state index contributed by atoms with van der Waals surface area (Å²) in [7, 11) is 0. The predicted octanol–water partition coefficient (Wildman–Crippen LogP) is 2.22. The molecule has 0 unspecified atom stereocenters. The van der Waals surface area contributed by atoms with Gasteiger partial charge >= 0.3 is 0 Å². The molecule has 0 aromatic rings. The minimum absolute atomic E-state index is 0. The summed E-state index contributed by atoms with van der Waals surface area (Å²) in [4.78, 5) is 0. The van der Waals surface area contributed by atoms with Crippen molar-refractivity contribution in [2.45, 2.75) is 0 Å². The number of allylic oxidation sites excluding steroid dienone is 8. The molecule has 49 valence electrons. The fraction of sp³-hybridized carbons (Fsp3) is 0. The summed E-state index contributed by atoms with van der Waals surface area (Å²) in [5.74, 6) is 0. The Morgan fingerprint density at radius 3 is 0.556 bits per heavy atom. The third-order valence-electron chi connectivity index (χ3n) is 0.889. The minimum Gasteiger partial charge on any atom is -0.0623 e. The van der Waals surface area contributed by atoms with E-state index in [0.717, 1.165) is 0 Å². The minimum atomic E-state index is 0. The van der Waals surface area contributed by atoms with Crippen LogP contribution in [0.15, 0.2) is 48.6 Å². The quantitative estimate of drug-likeness (QED) is 0.513. The van der Waals surface area contributed by atoms with Crippen LogP contribution in [0.2, 0.25) is 0 Å². The molecule has 0 spiro atoms. The zero-order valence-corrected chi connectivity index (χ0v) is 5.99. The van der Waals surface area contributed by atoms with Crippen molar-refractivity contribution in [1.82, 2.24) is 0 Å². The van der Waals surface area contributed by atoms with E-state index in [0.29, 0.717) is 0 Å². The van der Waals surface area contributed by atoms with Crippen LogP contribution in [0, 0.1) is 0 Å². The van der Waals surface area contributed by atoms with Gasteiger partial charge in [0.25, 0.3) is 0 Å². The average molecular weight is 163 g/mol. The largest absolute Gasteiger partial charge is 0.0623 e. The van der Waals surface area contributed by atoms with Crippen molar-refractivity contribution in [2.24, 2.45) is 0 Å². The van der Waals surface area contributed by atoms with Gasteiger partial charge in [-0.25, -0.2) is 0 Å². The van der Waals surface area contributed by atoms with Gasteiger partial charge in [-0.05, 0) is 0 Å². The van der Waals surface area contributed by atoms with E-state index in [1.54, 1.807) is 0 Å². The van der Waals surface area contributed by atoms with E-state index >= 15 is 0 Å². The summed E-state index contributed by atoms with van der Waals surface area (Å²) >= 11 is 0. The van der Waals surface area contributed by atoms with Gasteiger partial charge < -0.3 is 0 Å². The standard InChI is InChI=1S/C8H8.Co/c1-2-4-6-8-7-5-3-1;/h1-8H;/b2-1-,3-1?,4-2?,5-3-,6-4-,7-5?,8-6?,8-7-;. The molecule has 0 aliphatic heterocycles. The fourth-order valence-corrected chi connectivity index (χ4v) is 0.513. The van der Waals surface area contributed by atoms with E-state index in [4.69, 9.17) is 0 Å². The Balaban J connectivity index is 0.000000640. The number of hydrogen-bond acceptors (Lipinski definition) is 0. The molecule has 1 aliphatic rings. The van der Waals surface area contributed by atoms with Gasteiger partial charge in [0.15, 0.2) is 0 Å². The molecule has 0 atom stereocenters. The van der Waals surface area contributed by atoms with E-state index in [-0.39, 0.29) is 16.8 Å². The number of hydrogen-bond donors (Lipinski definition) is 0. The monoisotopic (exact) mass is 163 g/mol. The van der Waals surface area contributed by atoms with Gasteiger partial charge in [-0.15, -0.1) is 0 Å². The molecule has 0 aromatic carbocycles. The van der Waals surface area contributed by atoms with Gasteiger partial charge in [-0.3, -0.25) is 0 Å². The molecule has 0 fully saturated rings. The molecule has 1 rings (SSSR count). The van der Waals surface area contributed by atoms with Crippen molar-refractivity contribution in [1.29, 1.82) is 0 Å². The summed E-state index contributed by atoms with van der Waals surface area (Å²) in [6, 6.07) is 0. The maximum absolute atomic E-state index is 2.00. The van der Waals surface area contributed by atoms with Gasteiger partial charge in [0.05, 0.1) is 0 Å². The summed E-state index contributed by atoms with van der Waals surface area (Å²) in [6.45, 7) is 0. The maximum atomic E-state index is 2.00. The molecule has 1 radical (unpaired) electrons. The van der Waals surface area contributed by atoms with Crippen molar-refractivity contribution in [3.63, 3.8) is 0 Å². The number of rotatable bonds is 0. The Kier molecular flexibility index (Phi) is 5.27. The van der Waals surface area contributed by atoms with E-state index in [1.165, 1.54) is 0 Å². The van der Waals surface area contributed by atoms with Crippen LogP contribution in [0.25, 0.3) is 0 Å². The molecule has 0 nitrogen and oxygen atoms in total. The van der Waals surface area contributed by atoms with Crippen molar-refractivity contribution < 1.29 is 16.8 Å². The molecule has 0 amide bonds. The predicted molar refractivity (Wildman–Crippen MR) is 36.6 cm³/mol. The molecular formula is C8H8Co. The Hall–Kier alpha value is -0.534. The van der Waals surface area contributed by atoms with Gasteiger partial charge in [0.1, 0.15) is 0 Å². The van der Waals surface area contributed by atoms with Crippen molar-refractivity contribution in [3.05, 3.63) is 48.6 Å². The molecule has 0 N–H and O–H groups in total.